The van der Waals surface area contributed by atoms with Gasteiger partial charge in [-0.1, -0.05) is 36.4 Å². The van der Waals surface area contributed by atoms with Crippen LogP contribution in [0, 0.1) is 0 Å². The van der Waals surface area contributed by atoms with Crippen LogP contribution in [0.4, 0.5) is 5.69 Å². The maximum Gasteiger partial charge on any atom is 0.254 e. The molecular weight excluding hydrogens is 300 g/mol. The van der Waals surface area contributed by atoms with Gasteiger partial charge in [-0.2, -0.15) is 0 Å². The van der Waals surface area contributed by atoms with Crippen LogP contribution in [0.15, 0.2) is 54.6 Å². The standard InChI is InChI=1S/C20H22N2O2/c1-15(23)18-11-5-6-12-19(18)20(24)22-13-7-10-17(14-22)21-16-8-3-2-4-9-16/h2-6,8-9,11-12,17,21H,7,10,13-14H2,1H3/t17-/m1/s1. The number of anilines is 1. The molecule has 1 N–H and O–H groups in total. The Kier molecular flexibility index (Phi) is 4.94. The van der Waals surface area contributed by atoms with Gasteiger partial charge in [-0.05, 0) is 38.0 Å². The first-order chi connectivity index (χ1) is 11.6. The summed E-state index contributed by atoms with van der Waals surface area (Å²) in [6.45, 7) is 2.89. The topological polar surface area (TPSA) is 49.4 Å². The number of carbonyl (C=O) groups is 2. The van der Waals surface area contributed by atoms with Gasteiger partial charge in [0.2, 0.25) is 0 Å². The molecule has 0 aromatic heterocycles. The number of nitrogens with zero attached hydrogens (tertiary/aromatic N) is 1. The number of carbonyl (C=O) groups excluding carboxylic acids is 2. The number of Topliss-reactive ketones (excluding diaryl/α,β-unsaturated/α-hetero) is 1. The van der Waals surface area contributed by atoms with Gasteiger partial charge in [0, 0.05) is 30.4 Å². The van der Waals surface area contributed by atoms with E-state index in [0.717, 1.165) is 25.1 Å². The summed E-state index contributed by atoms with van der Waals surface area (Å²) in [5, 5.41) is 3.49. The Morgan fingerprint density at radius 2 is 1.67 bits per heavy atom. The Morgan fingerprint density at radius 3 is 2.38 bits per heavy atom. The third kappa shape index (κ3) is 3.65. The van der Waals surface area contributed by atoms with Crippen molar-refractivity contribution in [1.29, 1.82) is 0 Å². The van der Waals surface area contributed by atoms with E-state index in [1.54, 1.807) is 18.2 Å². The number of likely N-dealkylation sites (tertiary alicyclic amines) is 1. The zero-order valence-corrected chi connectivity index (χ0v) is 13.9. The minimum Gasteiger partial charge on any atom is -0.381 e. The van der Waals surface area contributed by atoms with E-state index in [0.29, 0.717) is 17.7 Å². The van der Waals surface area contributed by atoms with Crippen molar-refractivity contribution in [2.45, 2.75) is 25.8 Å². The molecule has 24 heavy (non-hydrogen) atoms. The maximum atomic E-state index is 12.9. The molecular formula is C20H22N2O2. The summed E-state index contributed by atoms with van der Waals surface area (Å²) in [4.78, 5) is 26.5. The van der Waals surface area contributed by atoms with E-state index in [9.17, 15) is 9.59 Å². The molecule has 3 rings (SSSR count). The summed E-state index contributed by atoms with van der Waals surface area (Å²) in [5.41, 5.74) is 2.08. The molecule has 0 aliphatic carbocycles. The smallest absolute Gasteiger partial charge is 0.254 e. The van der Waals surface area contributed by atoms with Crippen LogP contribution < -0.4 is 5.32 Å². The van der Waals surface area contributed by atoms with Crippen molar-refractivity contribution >= 4 is 17.4 Å². The van der Waals surface area contributed by atoms with E-state index < -0.39 is 0 Å². The summed E-state index contributed by atoms with van der Waals surface area (Å²) < 4.78 is 0. The van der Waals surface area contributed by atoms with Crippen LogP contribution in [0.1, 0.15) is 40.5 Å². The Bertz CT molecular complexity index is 727. The zero-order valence-electron chi connectivity index (χ0n) is 13.9. The number of hydrogen-bond donors (Lipinski definition) is 1. The van der Waals surface area contributed by atoms with Crippen molar-refractivity contribution < 1.29 is 9.59 Å². The number of rotatable bonds is 4. The molecule has 0 bridgehead atoms. The molecule has 0 spiro atoms. The Morgan fingerprint density at radius 1 is 1.00 bits per heavy atom. The fourth-order valence-electron chi connectivity index (χ4n) is 3.20. The van der Waals surface area contributed by atoms with E-state index in [1.807, 2.05) is 41.3 Å². The summed E-state index contributed by atoms with van der Waals surface area (Å²) in [5.74, 6) is -0.129. The maximum absolute atomic E-state index is 12.9. The van der Waals surface area contributed by atoms with Crippen LogP contribution in [0.2, 0.25) is 0 Å². The molecule has 1 aliphatic heterocycles. The highest BCUT2D eigenvalue weighted by Gasteiger charge is 2.26. The van der Waals surface area contributed by atoms with Crippen molar-refractivity contribution in [2.75, 3.05) is 18.4 Å². The van der Waals surface area contributed by atoms with Gasteiger partial charge >= 0.3 is 0 Å². The molecule has 1 amide bonds. The van der Waals surface area contributed by atoms with Crippen molar-refractivity contribution in [1.82, 2.24) is 4.90 Å². The molecule has 124 valence electrons. The van der Waals surface area contributed by atoms with Gasteiger partial charge in [-0.15, -0.1) is 0 Å². The van der Waals surface area contributed by atoms with Crippen molar-refractivity contribution in [3.05, 3.63) is 65.7 Å². The fraction of sp³-hybridized carbons (Fsp3) is 0.300. The minimum absolute atomic E-state index is 0.0552. The van der Waals surface area contributed by atoms with Gasteiger partial charge in [0.05, 0.1) is 5.56 Å². The van der Waals surface area contributed by atoms with Crippen LogP contribution in [-0.4, -0.2) is 35.7 Å². The molecule has 0 unspecified atom stereocenters. The average molecular weight is 322 g/mol. The van der Waals surface area contributed by atoms with Gasteiger partial charge in [0.25, 0.3) is 5.91 Å². The monoisotopic (exact) mass is 322 g/mol. The molecule has 0 radical (unpaired) electrons. The number of piperidine rings is 1. The van der Waals surface area contributed by atoms with Crippen LogP contribution in [0.3, 0.4) is 0 Å². The number of para-hydroxylation sites is 1. The third-order valence-electron chi connectivity index (χ3n) is 4.39. The number of benzene rings is 2. The highest BCUT2D eigenvalue weighted by atomic mass is 16.2. The summed E-state index contributed by atoms with van der Waals surface area (Å²) in [7, 11) is 0. The number of nitrogens with one attached hydrogen (secondary N) is 1. The third-order valence-corrected chi connectivity index (χ3v) is 4.39. The van der Waals surface area contributed by atoms with E-state index in [-0.39, 0.29) is 17.7 Å². The second-order valence-electron chi connectivity index (χ2n) is 6.20. The van der Waals surface area contributed by atoms with Crippen molar-refractivity contribution in [2.24, 2.45) is 0 Å². The van der Waals surface area contributed by atoms with Crippen molar-refractivity contribution in [3.8, 4) is 0 Å². The number of hydrogen-bond acceptors (Lipinski definition) is 3. The Balaban J connectivity index is 1.73. The molecule has 4 heteroatoms. The highest BCUT2D eigenvalue weighted by molar-refractivity contribution is 6.07. The predicted octanol–water partition coefficient (Wildman–Crippen LogP) is 3.61. The Labute approximate surface area is 142 Å². The second kappa shape index (κ2) is 7.30. The van der Waals surface area contributed by atoms with E-state index in [2.05, 4.69) is 5.32 Å². The summed E-state index contributed by atoms with van der Waals surface area (Å²) in [6.07, 6.45) is 1.99. The lowest BCUT2D eigenvalue weighted by molar-refractivity contribution is 0.0710. The SMILES string of the molecule is CC(=O)c1ccccc1C(=O)N1CCC[C@@H](Nc2ccccc2)C1. The van der Waals surface area contributed by atoms with Gasteiger partial charge in [-0.25, -0.2) is 0 Å². The number of ketones is 1. The van der Waals surface area contributed by atoms with E-state index >= 15 is 0 Å². The van der Waals surface area contributed by atoms with Crippen molar-refractivity contribution in [3.63, 3.8) is 0 Å². The first kappa shape index (κ1) is 16.2. The molecule has 1 aliphatic rings. The predicted molar refractivity (Wildman–Crippen MR) is 95.4 cm³/mol. The van der Waals surface area contributed by atoms with Gasteiger partial charge in [-0.3, -0.25) is 9.59 Å². The molecule has 2 aromatic carbocycles. The lowest BCUT2D eigenvalue weighted by Gasteiger charge is -2.34. The van der Waals surface area contributed by atoms with E-state index in [1.165, 1.54) is 6.92 Å². The molecule has 1 atom stereocenters. The van der Waals surface area contributed by atoms with Gasteiger partial charge in [0.1, 0.15) is 0 Å². The highest BCUT2D eigenvalue weighted by Crippen LogP contribution is 2.19. The average Bonchev–Trinajstić information content (AvgIpc) is 2.62. The second-order valence-corrected chi connectivity index (χ2v) is 6.20. The molecule has 0 saturated carbocycles. The van der Waals surface area contributed by atoms with Crippen LogP contribution in [0.25, 0.3) is 0 Å². The quantitative estimate of drug-likeness (QED) is 0.875. The molecule has 1 fully saturated rings. The minimum atomic E-state index is -0.0741. The normalized spacial score (nSPS) is 17.4. The summed E-state index contributed by atoms with van der Waals surface area (Å²) >= 11 is 0. The van der Waals surface area contributed by atoms with Gasteiger partial charge in [0.15, 0.2) is 5.78 Å². The van der Waals surface area contributed by atoms with Crippen LogP contribution >= 0.6 is 0 Å². The lowest BCUT2D eigenvalue weighted by Crippen LogP contribution is -2.45. The fourth-order valence-corrected chi connectivity index (χ4v) is 3.20. The first-order valence-corrected chi connectivity index (χ1v) is 8.36. The largest absolute Gasteiger partial charge is 0.381 e. The first-order valence-electron chi connectivity index (χ1n) is 8.36. The van der Waals surface area contributed by atoms with Crippen LogP contribution in [0.5, 0.6) is 0 Å². The molecule has 1 saturated heterocycles. The Hall–Kier alpha value is -2.62. The molecule has 1 heterocycles. The molecule has 2 aromatic rings. The number of amides is 1. The molecule has 4 nitrogen and oxygen atoms in total. The van der Waals surface area contributed by atoms with Crippen LogP contribution in [-0.2, 0) is 0 Å². The van der Waals surface area contributed by atoms with E-state index in [4.69, 9.17) is 0 Å². The van der Waals surface area contributed by atoms with Gasteiger partial charge < -0.3 is 10.2 Å². The zero-order chi connectivity index (χ0) is 16.9. The summed E-state index contributed by atoms with van der Waals surface area (Å²) in [6, 6.07) is 17.3. The lowest BCUT2D eigenvalue weighted by atomic mass is 10.0.